The third-order valence-corrected chi connectivity index (χ3v) is 4.81. The van der Waals surface area contributed by atoms with Crippen molar-refractivity contribution in [3.63, 3.8) is 0 Å². The van der Waals surface area contributed by atoms with Crippen molar-refractivity contribution in [3.8, 4) is 0 Å². The number of aromatic amines is 1. The van der Waals surface area contributed by atoms with Crippen molar-refractivity contribution in [1.29, 1.82) is 0 Å². The number of amides is 1. The van der Waals surface area contributed by atoms with Crippen molar-refractivity contribution >= 4 is 5.91 Å². The van der Waals surface area contributed by atoms with E-state index in [0.717, 1.165) is 30.4 Å². The van der Waals surface area contributed by atoms with Crippen LogP contribution in [0.2, 0.25) is 0 Å². The summed E-state index contributed by atoms with van der Waals surface area (Å²) in [6.45, 7) is 1.97. The topological polar surface area (TPSA) is 82.9 Å². The molecule has 2 heterocycles. The number of aromatic nitrogens is 3. The molecular weight excluding hydrogens is 280 g/mol. The van der Waals surface area contributed by atoms with Gasteiger partial charge in [-0.05, 0) is 25.3 Å². The van der Waals surface area contributed by atoms with Crippen molar-refractivity contribution in [2.24, 2.45) is 12.5 Å². The smallest absolute Gasteiger partial charge is 0.253 e. The number of carbonyl (C=O) groups is 1. The molecule has 1 saturated carbocycles. The van der Waals surface area contributed by atoms with Gasteiger partial charge in [-0.3, -0.25) is 9.48 Å². The molecule has 0 saturated heterocycles. The number of H-pyrrole nitrogens is 1. The first-order chi connectivity index (χ1) is 10.6. The van der Waals surface area contributed by atoms with E-state index in [1.807, 2.05) is 20.2 Å². The zero-order chi connectivity index (χ0) is 15.7. The van der Waals surface area contributed by atoms with Crippen LogP contribution in [0, 0.1) is 12.3 Å². The van der Waals surface area contributed by atoms with E-state index in [1.54, 1.807) is 23.3 Å². The maximum atomic E-state index is 12.6. The lowest BCUT2D eigenvalue weighted by atomic mass is 9.63. The van der Waals surface area contributed by atoms with E-state index in [9.17, 15) is 9.90 Å². The average molecular weight is 302 g/mol. The van der Waals surface area contributed by atoms with Crippen molar-refractivity contribution in [2.45, 2.75) is 32.2 Å². The summed E-state index contributed by atoms with van der Waals surface area (Å²) in [7, 11) is 1.85. The molecule has 1 atom stereocenters. The number of hydrogen-bond donors (Lipinski definition) is 3. The summed E-state index contributed by atoms with van der Waals surface area (Å²) < 4.78 is 1.72. The number of aliphatic hydroxyl groups is 1. The third kappa shape index (κ3) is 2.43. The van der Waals surface area contributed by atoms with Crippen LogP contribution in [-0.4, -0.2) is 32.4 Å². The Hall–Kier alpha value is -2.08. The first-order valence-corrected chi connectivity index (χ1v) is 7.59. The highest BCUT2D eigenvalue weighted by Crippen LogP contribution is 2.49. The Kier molecular flexibility index (Phi) is 3.78. The van der Waals surface area contributed by atoms with Crippen LogP contribution >= 0.6 is 0 Å². The van der Waals surface area contributed by atoms with Crippen molar-refractivity contribution in [3.05, 3.63) is 41.5 Å². The van der Waals surface area contributed by atoms with Crippen LogP contribution in [0.1, 0.15) is 46.8 Å². The molecule has 22 heavy (non-hydrogen) atoms. The molecule has 3 N–H and O–H groups in total. The second-order valence-corrected chi connectivity index (χ2v) is 6.28. The van der Waals surface area contributed by atoms with Gasteiger partial charge in [-0.1, -0.05) is 6.42 Å². The van der Waals surface area contributed by atoms with Crippen LogP contribution in [0.3, 0.4) is 0 Å². The predicted octanol–water partition coefficient (Wildman–Crippen LogP) is 1.69. The zero-order valence-corrected chi connectivity index (χ0v) is 13.0. The number of aryl methyl sites for hydroxylation is 2. The van der Waals surface area contributed by atoms with Crippen LogP contribution in [0.25, 0.3) is 0 Å². The van der Waals surface area contributed by atoms with Gasteiger partial charge >= 0.3 is 0 Å². The van der Waals surface area contributed by atoms with Crippen LogP contribution < -0.4 is 5.32 Å². The molecule has 0 aliphatic heterocycles. The predicted molar refractivity (Wildman–Crippen MR) is 82.3 cm³/mol. The van der Waals surface area contributed by atoms with Crippen LogP contribution in [0.15, 0.2) is 24.8 Å². The largest absolute Gasteiger partial charge is 0.396 e. The van der Waals surface area contributed by atoms with E-state index >= 15 is 0 Å². The Bertz CT molecular complexity index is 664. The van der Waals surface area contributed by atoms with Gasteiger partial charge in [0.05, 0.1) is 24.4 Å². The lowest BCUT2D eigenvalue weighted by Gasteiger charge is -2.46. The number of rotatable bonds is 5. The van der Waals surface area contributed by atoms with Gasteiger partial charge < -0.3 is 15.4 Å². The summed E-state index contributed by atoms with van der Waals surface area (Å²) >= 11 is 0. The molecule has 6 heteroatoms. The second-order valence-electron chi connectivity index (χ2n) is 6.28. The molecule has 0 radical (unpaired) electrons. The van der Waals surface area contributed by atoms with Gasteiger partial charge in [-0.15, -0.1) is 0 Å². The van der Waals surface area contributed by atoms with Crippen molar-refractivity contribution in [1.82, 2.24) is 20.1 Å². The van der Waals surface area contributed by atoms with E-state index in [1.165, 1.54) is 0 Å². The van der Waals surface area contributed by atoms with Crippen LogP contribution in [-0.2, 0) is 7.05 Å². The second kappa shape index (κ2) is 5.61. The molecule has 1 amide bonds. The highest BCUT2D eigenvalue weighted by atomic mass is 16.3. The van der Waals surface area contributed by atoms with Gasteiger partial charge in [-0.25, -0.2) is 0 Å². The molecule has 1 aliphatic rings. The van der Waals surface area contributed by atoms with Crippen LogP contribution in [0.4, 0.5) is 0 Å². The zero-order valence-electron chi connectivity index (χ0n) is 13.0. The fourth-order valence-electron chi connectivity index (χ4n) is 3.24. The summed E-state index contributed by atoms with van der Waals surface area (Å²) in [5, 5.41) is 17.2. The molecule has 2 aromatic heterocycles. The van der Waals surface area contributed by atoms with Crippen LogP contribution in [0.5, 0.6) is 0 Å². The van der Waals surface area contributed by atoms with E-state index in [-0.39, 0.29) is 24.0 Å². The van der Waals surface area contributed by atoms with E-state index < -0.39 is 0 Å². The summed E-state index contributed by atoms with van der Waals surface area (Å²) in [6.07, 6.45) is 10.1. The average Bonchev–Trinajstić information content (AvgIpc) is 3.05. The monoisotopic (exact) mass is 302 g/mol. The SMILES string of the molecule is Cc1c[nH]cc1C(=O)NC(c1cnn(C)c1)C1(CO)CCC1. The van der Waals surface area contributed by atoms with Gasteiger partial charge in [0.2, 0.25) is 0 Å². The Morgan fingerprint density at radius 1 is 1.55 bits per heavy atom. The summed E-state index contributed by atoms with van der Waals surface area (Å²) in [5.74, 6) is -0.118. The highest BCUT2D eigenvalue weighted by Gasteiger charge is 2.45. The third-order valence-electron chi connectivity index (χ3n) is 4.81. The Morgan fingerprint density at radius 3 is 2.77 bits per heavy atom. The molecule has 1 aliphatic carbocycles. The first kappa shape index (κ1) is 14.8. The number of nitrogens with zero attached hydrogens (tertiary/aromatic N) is 2. The van der Waals surface area contributed by atoms with Gasteiger partial charge in [0, 0.05) is 36.6 Å². The van der Waals surface area contributed by atoms with Gasteiger partial charge in [0.1, 0.15) is 0 Å². The summed E-state index contributed by atoms with van der Waals surface area (Å²) in [5.41, 5.74) is 2.22. The van der Waals surface area contributed by atoms with Gasteiger partial charge in [0.15, 0.2) is 0 Å². The maximum Gasteiger partial charge on any atom is 0.253 e. The van der Waals surface area contributed by atoms with Crippen molar-refractivity contribution in [2.75, 3.05) is 6.61 Å². The fourth-order valence-corrected chi connectivity index (χ4v) is 3.24. The minimum atomic E-state index is -0.275. The molecule has 1 fully saturated rings. The van der Waals surface area contributed by atoms with Gasteiger partial charge in [-0.2, -0.15) is 5.10 Å². The number of carbonyl (C=O) groups excluding carboxylic acids is 1. The molecule has 1 unspecified atom stereocenters. The summed E-state index contributed by atoms with van der Waals surface area (Å²) in [6, 6.07) is -0.221. The van der Waals surface area contributed by atoms with Gasteiger partial charge in [0.25, 0.3) is 5.91 Å². The fraction of sp³-hybridized carbons (Fsp3) is 0.500. The van der Waals surface area contributed by atoms with E-state index in [0.29, 0.717) is 5.56 Å². The molecular formula is C16H22N4O2. The minimum Gasteiger partial charge on any atom is -0.396 e. The molecule has 0 spiro atoms. The number of hydrogen-bond acceptors (Lipinski definition) is 3. The quantitative estimate of drug-likeness (QED) is 0.786. The van der Waals surface area contributed by atoms with E-state index in [2.05, 4.69) is 15.4 Å². The normalized spacial score (nSPS) is 17.8. The molecule has 2 aromatic rings. The molecule has 0 aromatic carbocycles. The Morgan fingerprint density at radius 2 is 2.32 bits per heavy atom. The Labute approximate surface area is 129 Å². The standard InChI is InChI=1S/C16H22N4O2/c1-11-6-17-8-13(11)15(22)19-14(12-7-18-20(2)9-12)16(10-21)4-3-5-16/h6-9,14,17,21H,3-5,10H2,1-2H3,(H,19,22). The Balaban J connectivity index is 1.89. The summed E-state index contributed by atoms with van der Waals surface area (Å²) in [4.78, 5) is 15.5. The lowest BCUT2D eigenvalue weighted by Crippen LogP contribution is -2.47. The van der Waals surface area contributed by atoms with Crippen molar-refractivity contribution < 1.29 is 9.90 Å². The molecule has 118 valence electrons. The first-order valence-electron chi connectivity index (χ1n) is 7.59. The highest BCUT2D eigenvalue weighted by molar-refractivity contribution is 5.95. The minimum absolute atomic E-state index is 0.0684. The lowest BCUT2D eigenvalue weighted by molar-refractivity contribution is 0.00598. The number of aliphatic hydroxyl groups excluding tert-OH is 1. The number of nitrogens with one attached hydrogen (secondary N) is 2. The molecule has 0 bridgehead atoms. The maximum absolute atomic E-state index is 12.6. The van der Waals surface area contributed by atoms with E-state index in [4.69, 9.17) is 0 Å². The molecule has 3 rings (SSSR count). The molecule has 6 nitrogen and oxygen atoms in total.